The maximum Gasteiger partial charge on any atom is 0.344 e. The van der Waals surface area contributed by atoms with Crippen LogP contribution in [0.1, 0.15) is 25.3 Å². The minimum atomic E-state index is -0.936. The van der Waals surface area contributed by atoms with E-state index in [-0.39, 0.29) is 0 Å². The van der Waals surface area contributed by atoms with Gasteiger partial charge in [0.15, 0.2) is 6.10 Å². The zero-order valence-corrected chi connectivity index (χ0v) is 15.7. The molecule has 5 nitrogen and oxygen atoms in total. The predicted octanol–water partition coefficient (Wildman–Crippen LogP) is 2.55. The van der Waals surface area contributed by atoms with Crippen LogP contribution in [0.2, 0.25) is 0 Å². The molecule has 2 fully saturated rings. The molecule has 25 heavy (non-hydrogen) atoms. The average Bonchev–Trinajstić information content (AvgIpc) is 2.64. The number of rotatable bonds is 6. The Balaban J connectivity index is 1.54. The summed E-state index contributed by atoms with van der Waals surface area (Å²) in [5.74, 6) is 2.35. The van der Waals surface area contributed by atoms with Gasteiger partial charge in [-0.05, 0) is 37.3 Å². The molecule has 1 unspecified atom stereocenters. The van der Waals surface area contributed by atoms with Crippen LogP contribution in [0, 0.1) is 0 Å². The first kappa shape index (κ1) is 18.5. The van der Waals surface area contributed by atoms with Gasteiger partial charge in [0.2, 0.25) is 0 Å². The number of aliphatic carboxylic acids is 1. The van der Waals surface area contributed by atoms with Crippen LogP contribution in [0.3, 0.4) is 0 Å². The molecular formula is C19H28N2O3S. The molecule has 2 aliphatic heterocycles. The zero-order valence-electron chi connectivity index (χ0n) is 14.9. The van der Waals surface area contributed by atoms with Crippen molar-refractivity contribution in [3.8, 4) is 5.75 Å². The lowest BCUT2D eigenvalue weighted by Gasteiger charge is -2.40. The molecule has 2 saturated heterocycles. The van der Waals surface area contributed by atoms with E-state index < -0.39 is 12.1 Å². The fourth-order valence-electron chi connectivity index (χ4n) is 3.57. The highest BCUT2D eigenvalue weighted by Crippen LogP contribution is 2.25. The van der Waals surface area contributed by atoms with Crippen molar-refractivity contribution in [3.63, 3.8) is 0 Å². The van der Waals surface area contributed by atoms with Gasteiger partial charge < -0.3 is 9.84 Å². The predicted molar refractivity (Wildman–Crippen MR) is 101 cm³/mol. The highest BCUT2D eigenvalue weighted by molar-refractivity contribution is 7.99. The van der Waals surface area contributed by atoms with E-state index in [2.05, 4.69) is 21.6 Å². The summed E-state index contributed by atoms with van der Waals surface area (Å²) in [6, 6.07) is 8.56. The molecule has 1 aromatic rings. The first-order valence-corrected chi connectivity index (χ1v) is 10.3. The fourth-order valence-corrected chi connectivity index (χ4v) is 4.65. The van der Waals surface area contributed by atoms with Crippen LogP contribution in [-0.2, 0) is 11.3 Å². The van der Waals surface area contributed by atoms with Gasteiger partial charge in [-0.15, -0.1) is 0 Å². The molecule has 6 heteroatoms. The molecule has 1 aromatic carbocycles. The first-order valence-electron chi connectivity index (χ1n) is 9.15. The molecule has 0 amide bonds. The van der Waals surface area contributed by atoms with Gasteiger partial charge in [-0.25, -0.2) is 4.79 Å². The summed E-state index contributed by atoms with van der Waals surface area (Å²) in [7, 11) is 0. The zero-order chi connectivity index (χ0) is 17.6. The smallest absolute Gasteiger partial charge is 0.344 e. The van der Waals surface area contributed by atoms with Gasteiger partial charge in [-0.3, -0.25) is 9.80 Å². The van der Waals surface area contributed by atoms with E-state index >= 15 is 0 Å². The van der Waals surface area contributed by atoms with Crippen LogP contribution in [0.15, 0.2) is 24.3 Å². The topological polar surface area (TPSA) is 53.0 Å². The number of carboxylic acids is 1. The molecule has 0 aliphatic carbocycles. The maximum atomic E-state index is 11.0. The van der Waals surface area contributed by atoms with Crippen LogP contribution in [0.4, 0.5) is 0 Å². The number of carboxylic acid groups (broad SMARTS) is 1. The molecule has 0 aromatic heterocycles. The molecule has 0 spiro atoms. The monoisotopic (exact) mass is 364 g/mol. The van der Waals surface area contributed by atoms with Crippen molar-refractivity contribution >= 4 is 17.7 Å². The van der Waals surface area contributed by atoms with E-state index in [9.17, 15) is 4.79 Å². The second-order valence-corrected chi connectivity index (χ2v) is 8.09. The molecule has 0 saturated carbocycles. The van der Waals surface area contributed by atoms with Crippen molar-refractivity contribution in [2.75, 3.05) is 37.7 Å². The number of hydrogen-bond donors (Lipinski definition) is 1. The first-order chi connectivity index (χ1) is 12.1. The number of hydrogen-bond acceptors (Lipinski definition) is 5. The summed E-state index contributed by atoms with van der Waals surface area (Å²) < 4.78 is 5.63. The second kappa shape index (κ2) is 8.92. The number of carbonyl (C=O) groups is 1. The lowest BCUT2D eigenvalue weighted by molar-refractivity contribution is -0.144. The van der Waals surface area contributed by atoms with Crippen LogP contribution in [0.25, 0.3) is 0 Å². The Morgan fingerprint density at radius 2 is 1.92 bits per heavy atom. The van der Waals surface area contributed by atoms with Gasteiger partial charge in [0, 0.05) is 44.3 Å². The Morgan fingerprint density at radius 1 is 1.24 bits per heavy atom. The van der Waals surface area contributed by atoms with E-state index in [1.165, 1.54) is 24.3 Å². The standard InChI is InChI=1S/C19H28N2O3S/c1-15(19(22)23)24-18-5-3-2-4-16(18)14-20-8-10-21(11-9-20)17-6-12-25-13-7-17/h2-5,15,17H,6-14H2,1H3,(H,22,23). The van der Waals surface area contributed by atoms with E-state index in [0.29, 0.717) is 5.75 Å². The third kappa shape index (κ3) is 5.12. The van der Waals surface area contributed by atoms with Crippen LogP contribution >= 0.6 is 11.8 Å². The van der Waals surface area contributed by atoms with Crippen LogP contribution in [-0.4, -0.2) is 70.7 Å². The van der Waals surface area contributed by atoms with Gasteiger partial charge >= 0.3 is 5.97 Å². The minimum absolute atomic E-state index is 0.684. The highest BCUT2D eigenvalue weighted by Gasteiger charge is 2.25. The third-order valence-electron chi connectivity index (χ3n) is 5.13. The highest BCUT2D eigenvalue weighted by atomic mass is 32.2. The number of benzene rings is 1. The van der Waals surface area contributed by atoms with Crippen molar-refractivity contribution in [2.24, 2.45) is 0 Å². The number of ether oxygens (including phenoxy) is 1. The summed E-state index contributed by atoms with van der Waals surface area (Å²) in [6.45, 7) is 6.77. The molecule has 2 aliphatic rings. The van der Waals surface area contributed by atoms with Gasteiger partial charge in [0.25, 0.3) is 0 Å². The quantitative estimate of drug-likeness (QED) is 0.837. The van der Waals surface area contributed by atoms with Crippen molar-refractivity contribution in [3.05, 3.63) is 29.8 Å². The number of para-hydroxylation sites is 1. The Morgan fingerprint density at radius 3 is 2.60 bits per heavy atom. The van der Waals surface area contributed by atoms with Crippen LogP contribution < -0.4 is 4.74 Å². The molecule has 1 atom stereocenters. The average molecular weight is 365 g/mol. The Hall–Kier alpha value is -1.24. The SMILES string of the molecule is CC(Oc1ccccc1CN1CCN(C2CCSCC2)CC1)C(=O)O. The maximum absolute atomic E-state index is 11.0. The van der Waals surface area contributed by atoms with Gasteiger partial charge in [-0.2, -0.15) is 11.8 Å². The van der Waals surface area contributed by atoms with Crippen LogP contribution in [0.5, 0.6) is 5.75 Å². The number of thioether (sulfide) groups is 1. The largest absolute Gasteiger partial charge is 0.479 e. The van der Waals surface area contributed by atoms with E-state index in [1.54, 1.807) is 6.92 Å². The summed E-state index contributed by atoms with van der Waals surface area (Å²) in [5.41, 5.74) is 1.07. The Kier molecular flexibility index (Phi) is 6.62. The number of nitrogens with zero attached hydrogens (tertiary/aromatic N) is 2. The van der Waals surface area contributed by atoms with Crippen molar-refractivity contribution in [2.45, 2.75) is 38.5 Å². The van der Waals surface area contributed by atoms with E-state index in [1.807, 2.05) is 24.3 Å². The van der Waals surface area contributed by atoms with Crippen molar-refractivity contribution in [1.82, 2.24) is 9.80 Å². The lowest BCUT2D eigenvalue weighted by atomic mass is 10.1. The lowest BCUT2D eigenvalue weighted by Crippen LogP contribution is -2.50. The second-order valence-electron chi connectivity index (χ2n) is 6.86. The summed E-state index contributed by atoms with van der Waals surface area (Å²) in [5, 5.41) is 9.07. The molecular weight excluding hydrogens is 336 g/mol. The molecule has 0 bridgehead atoms. The molecule has 0 radical (unpaired) electrons. The molecule has 138 valence electrons. The summed E-state index contributed by atoms with van der Waals surface area (Å²) in [6.07, 6.45) is 1.82. The molecule has 3 rings (SSSR count). The normalized spacial score (nSPS) is 21.8. The molecule has 2 heterocycles. The summed E-state index contributed by atoms with van der Waals surface area (Å²) >= 11 is 2.08. The van der Waals surface area contributed by atoms with Gasteiger partial charge in [-0.1, -0.05) is 18.2 Å². The fraction of sp³-hybridized carbons (Fsp3) is 0.632. The van der Waals surface area contributed by atoms with Gasteiger partial charge in [0.1, 0.15) is 5.75 Å². The molecule has 1 N–H and O–H groups in total. The summed E-state index contributed by atoms with van der Waals surface area (Å²) in [4.78, 5) is 16.2. The van der Waals surface area contributed by atoms with Gasteiger partial charge in [0.05, 0.1) is 0 Å². The Bertz CT molecular complexity index is 570. The Labute approximate surface area is 154 Å². The number of piperazine rings is 1. The minimum Gasteiger partial charge on any atom is -0.479 e. The van der Waals surface area contributed by atoms with E-state index in [0.717, 1.165) is 44.3 Å². The van der Waals surface area contributed by atoms with Crippen molar-refractivity contribution < 1.29 is 14.6 Å². The third-order valence-corrected chi connectivity index (χ3v) is 6.18. The van der Waals surface area contributed by atoms with Crippen molar-refractivity contribution in [1.29, 1.82) is 0 Å². The van der Waals surface area contributed by atoms with E-state index in [4.69, 9.17) is 9.84 Å².